The number of rotatable bonds is 3. The van der Waals surface area contributed by atoms with E-state index < -0.39 is 0 Å². The van der Waals surface area contributed by atoms with Gasteiger partial charge in [-0.25, -0.2) is 0 Å². The first-order chi connectivity index (χ1) is 8.69. The van der Waals surface area contributed by atoms with Gasteiger partial charge >= 0.3 is 0 Å². The minimum Gasteiger partial charge on any atom is -0.381 e. The fourth-order valence-corrected chi connectivity index (χ4v) is 1.82. The van der Waals surface area contributed by atoms with E-state index in [-0.39, 0.29) is 0 Å². The Labute approximate surface area is 108 Å². The summed E-state index contributed by atoms with van der Waals surface area (Å²) < 4.78 is 0. The van der Waals surface area contributed by atoms with E-state index in [1.165, 1.54) is 16.7 Å². The standard InChI is InChI=1S/C16H16N2/c1-12-6-7-15(8-13(12)2)11-18-16-5-3-4-14(9-16)10-17/h3-9,18H,11H2,1-2H3. The van der Waals surface area contributed by atoms with E-state index in [2.05, 4.69) is 43.4 Å². The Morgan fingerprint density at radius 3 is 2.61 bits per heavy atom. The Bertz CT molecular complexity index is 594. The molecule has 0 radical (unpaired) electrons. The summed E-state index contributed by atoms with van der Waals surface area (Å²) in [5, 5.41) is 12.2. The lowest BCUT2D eigenvalue weighted by molar-refractivity contribution is 1.13. The molecule has 0 bridgehead atoms. The summed E-state index contributed by atoms with van der Waals surface area (Å²) in [6, 6.07) is 16.1. The van der Waals surface area contributed by atoms with E-state index in [1.54, 1.807) is 6.07 Å². The summed E-state index contributed by atoms with van der Waals surface area (Å²) in [7, 11) is 0. The maximum absolute atomic E-state index is 8.84. The lowest BCUT2D eigenvalue weighted by Gasteiger charge is -2.08. The number of nitriles is 1. The van der Waals surface area contributed by atoms with Gasteiger partial charge in [0, 0.05) is 12.2 Å². The Morgan fingerprint density at radius 2 is 1.89 bits per heavy atom. The third kappa shape index (κ3) is 2.89. The first kappa shape index (κ1) is 12.2. The monoisotopic (exact) mass is 236 g/mol. The topological polar surface area (TPSA) is 35.8 Å². The fraction of sp³-hybridized carbons (Fsp3) is 0.188. The molecule has 0 aromatic heterocycles. The van der Waals surface area contributed by atoms with Gasteiger partial charge < -0.3 is 5.32 Å². The fourth-order valence-electron chi connectivity index (χ4n) is 1.82. The van der Waals surface area contributed by atoms with E-state index in [1.807, 2.05) is 18.2 Å². The number of hydrogen-bond donors (Lipinski definition) is 1. The SMILES string of the molecule is Cc1ccc(CNc2cccc(C#N)c2)cc1C. The van der Waals surface area contributed by atoms with Crippen molar-refractivity contribution in [3.63, 3.8) is 0 Å². The van der Waals surface area contributed by atoms with Crippen LogP contribution in [0.5, 0.6) is 0 Å². The van der Waals surface area contributed by atoms with Gasteiger partial charge in [-0.1, -0.05) is 24.3 Å². The molecule has 18 heavy (non-hydrogen) atoms. The van der Waals surface area contributed by atoms with Crippen molar-refractivity contribution in [2.75, 3.05) is 5.32 Å². The molecule has 0 amide bonds. The highest BCUT2D eigenvalue weighted by molar-refractivity contribution is 5.49. The second-order valence-corrected chi connectivity index (χ2v) is 4.46. The number of nitrogens with zero attached hydrogens (tertiary/aromatic N) is 1. The van der Waals surface area contributed by atoms with Crippen molar-refractivity contribution in [3.05, 3.63) is 64.7 Å². The predicted octanol–water partition coefficient (Wildman–Crippen LogP) is 3.79. The molecular formula is C16H16N2. The van der Waals surface area contributed by atoms with Crippen LogP contribution in [0.15, 0.2) is 42.5 Å². The molecule has 2 heteroatoms. The van der Waals surface area contributed by atoms with Crippen molar-refractivity contribution >= 4 is 5.69 Å². The van der Waals surface area contributed by atoms with Gasteiger partial charge in [-0.15, -0.1) is 0 Å². The van der Waals surface area contributed by atoms with Crippen LogP contribution in [-0.2, 0) is 6.54 Å². The quantitative estimate of drug-likeness (QED) is 0.880. The van der Waals surface area contributed by atoms with E-state index in [9.17, 15) is 0 Å². The predicted molar refractivity (Wildman–Crippen MR) is 74.4 cm³/mol. The van der Waals surface area contributed by atoms with Crippen LogP contribution in [0.4, 0.5) is 5.69 Å². The zero-order chi connectivity index (χ0) is 13.0. The highest BCUT2D eigenvalue weighted by Crippen LogP contribution is 2.14. The van der Waals surface area contributed by atoms with Crippen molar-refractivity contribution in [3.8, 4) is 6.07 Å². The highest BCUT2D eigenvalue weighted by Gasteiger charge is 1.98. The van der Waals surface area contributed by atoms with Crippen LogP contribution >= 0.6 is 0 Å². The molecule has 0 unspecified atom stereocenters. The van der Waals surface area contributed by atoms with Crippen LogP contribution in [0.2, 0.25) is 0 Å². The zero-order valence-corrected chi connectivity index (χ0v) is 10.7. The smallest absolute Gasteiger partial charge is 0.0992 e. The maximum atomic E-state index is 8.84. The Hall–Kier alpha value is -2.27. The third-order valence-electron chi connectivity index (χ3n) is 3.06. The molecule has 2 rings (SSSR count). The van der Waals surface area contributed by atoms with Gasteiger partial charge in [0.15, 0.2) is 0 Å². The van der Waals surface area contributed by atoms with Gasteiger partial charge in [-0.3, -0.25) is 0 Å². The van der Waals surface area contributed by atoms with Crippen molar-refractivity contribution in [2.45, 2.75) is 20.4 Å². The molecule has 2 aromatic rings. The van der Waals surface area contributed by atoms with E-state index in [4.69, 9.17) is 5.26 Å². The third-order valence-corrected chi connectivity index (χ3v) is 3.06. The van der Waals surface area contributed by atoms with Gasteiger partial charge in [0.2, 0.25) is 0 Å². The Kier molecular flexibility index (Phi) is 3.64. The molecule has 0 fully saturated rings. The summed E-state index contributed by atoms with van der Waals surface area (Å²) in [5.74, 6) is 0. The molecule has 0 aliphatic carbocycles. The molecule has 0 aliphatic heterocycles. The normalized spacial score (nSPS) is 9.83. The minimum absolute atomic E-state index is 0.681. The average Bonchev–Trinajstić information content (AvgIpc) is 2.40. The molecule has 0 heterocycles. The summed E-state index contributed by atoms with van der Waals surface area (Å²) in [4.78, 5) is 0. The van der Waals surface area contributed by atoms with Crippen molar-refractivity contribution in [1.82, 2.24) is 0 Å². The van der Waals surface area contributed by atoms with Crippen molar-refractivity contribution in [1.29, 1.82) is 5.26 Å². The largest absolute Gasteiger partial charge is 0.381 e. The van der Waals surface area contributed by atoms with Crippen LogP contribution in [-0.4, -0.2) is 0 Å². The van der Waals surface area contributed by atoms with Gasteiger partial charge in [0.05, 0.1) is 11.6 Å². The molecule has 90 valence electrons. The molecule has 0 spiro atoms. The molecule has 2 aromatic carbocycles. The second-order valence-electron chi connectivity index (χ2n) is 4.46. The first-order valence-electron chi connectivity index (χ1n) is 5.99. The lowest BCUT2D eigenvalue weighted by Crippen LogP contribution is -2.00. The van der Waals surface area contributed by atoms with Crippen LogP contribution in [0.3, 0.4) is 0 Å². The Morgan fingerprint density at radius 1 is 1.06 bits per heavy atom. The van der Waals surface area contributed by atoms with Crippen LogP contribution in [0.25, 0.3) is 0 Å². The zero-order valence-electron chi connectivity index (χ0n) is 10.7. The molecular weight excluding hydrogens is 220 g/mol. The summed E-state index contributed by atoms with van der Waals surface area (Å²) in [6.07, 6.45) is 0. The maximum Gasteiger partial charge on any atom is 0.0992 e. The van der Waals surface area contributed by atoms with Gasteiger partial charge in [-0.05, 0) is 48.7 Å². The Balaban J connectivity index is 2.07. The number of anilines is 1. The highest BCUT2D eigenvalue weighted by atomic mass is 14.9. The van der Waals surface area contributed by atoms with Crippen LogP contribution in [0, 0.1) is 25.2 Å². The van der Waals surface area contributed by atoms with Crippen LogP contribution in [0.1, 0.15) is 22.3 Å². The number of hydrogen-bond acceptors (Lipinski definition) is 2. The average molecular weight is 236 g/mol. The van der Waals surface area contributed by atoms with Crippen molar-refractivity contribution < 1.29 is 0 Å². The summed E-state index contributed by atoms with van der Waals surface area (Å²) in [5.41, 5.74) is 5.53. The van der Waals surface area contributed by atoms with Gasteiger partial charge in [0.1, 0.15) is 0 Å². The molecule has 0 aliphatic rings. The first-order valence-corrected chi connectivity index (χ1v) is 5.99. The molecule has 0 saturated carbocycles. The summed E-state index contributed by atoms with van der Waals surface area (Å²) in [6.45, 7) is 5.01. The minimum atomic E-state index is 0.681. The van der Waals surface area contributed by atoms with Crippen LogP contribution < -0.4 is 5.32 Å². The van der Waals surface area contributed by atoms with Gasteiger partial charge in [-0.2, -0.15) is 5.26 Å². The molecule has 0 saturated heterocycles. The van der Waals surface area contributed by atoms with E-state index >= 15 is 0 Å². The second kappa shape index (κ2) is 5.37. The van der Waals surface area contributed by atoms with Crippen molar-refractivity contribution in [2.24, 2.45) is 0 Å². The number of benzene rings is 2. The van der Waals surface area contributed by atoms with E-state index in [0.29, 0.717) is 5.56 Å². The van der Waals surface area contributed by atoms with Gasteiger partial charge in [0.25, 0.3) is 0 Å². The number of aryl methyl sites for hydroxylation is 2. The summed E-state index contributed by atoms with van der Waals surface area (Å²) >= 11 is 0. The van der Waals surface area contributed by atoms with E-state index in [0.717, 1.165) is 12.2 Å². The molecule has 1 N–H and O–H groups in total. The molecule has 2 nitrogen and oxygen atoms in total. The molecule has 0 atom stereocenters. The number of nitrogens with one attached hydrogen (secondary N) is 1. The lowest BCUT2D eigenvalue weighted by atomic mass is 10.1.